The zero-order chi connectivity index (χ0) is 26.7. The van der Waals surface area contributed by atoms with E-state index in [1.165, 1.54) is 25.3 Å². The highest BCUT2D eigenvalue weighted by Crippen LogP contribution is 2.35. The van der Waals surface area contributed by atoms with Crippen molar-refractivity contribution in [3.8, 4) is 5.75 Å². The lowest BCUT2D eigenvalue weighted by Crippen LogP contribution is -2.25. The van der Waals surface area contributed by atoms with Crippen LogP contribution in [0.2, 0.25) is 0 Å². The second-order valence-corrected chi connectivity index (χ2v) is 9.79. The average molecular weight is 588 g/mol. The predicted molar refractivity (Wildman–Crippen MR) is 127 cm³/mol. The summed E-state index contributed by atoms with van der Waals surface area (Å²) in [6.07, 6.45) is -4.92. The van der Waals surface area contributed by atoms with E-state index in [2.05, 4.69) is 26.0 Å². The van der Waals surface area contributed by atoms with Gasteiger partial charge in [-0.15, -0.1) is 0 Å². The van der Waals surface area contributed by atoms with Gasteiger partial charge in [-0.05, 0) is 36.4 Å². The van der Waals surface area contributed by atoms with E-state index in [0.717, 1.165) is 0 Å². The standard InChI is InChI=1S/C22H17BrF3N3O6S/c1-35-19-5-3-2-4-13(19)12-27-21(30)16-11-15(23)7-8-17(16)28-36(33,34)20-9-6-14(22(24,25)26)10-18(20)29(31)32/h2-11,28H,12H2,1H3,(H,27,30). The van der Waals surface area contributed by atoms with Crippen LogP contribution in [0.15, 0.2) is 70.0 Å². The van der Waals surface area contributed by atoms with Crippen molar-refractivity contribution in [2.75, 3.05) is 11.8 Å². The minimum atomic E-state index is -4.92. The number of sulfonamides is 1. The maximum Gasteiger partial charge on any atom is 0.416 e. The predicted octanol–water partition coefficient (Wildman–Crippen LogP) is 5.12. The number of benzene rings is 3. The SMILES string of the molecule is COc1ccccc1CNC(=O)c1cc(Br)ccc1NS(=O)(=O)c1ccc(C(F)(F)F)cc1[N+](=O)[O-]. The van der Waals surface area contributed by atoms with Crippen molar-refractivity contribution in [1.29, 1.82) is 0 Å². The third kappa shape index (κ3) is 6.12. The van der Waals surface area contributed by atoms with Gasteiger partial charge in [0.2, 0.25) is 0 Å². The number of hydrogen-bond acceptors (Lipinski definition) is 6. The van der Waals surface area contributed by atoms with Gasteiger partial charge in [-0.2, -0.15) is 13.2 Å². The molecule has 0 spiro atoms. The number of nitrogens with zero attached hydrogens (tertiary/aromatic N) is 1. The van der Waals surface area contributed by atoms with E-state index < -0.39 is 43.2 Å². The number of para-hydroxylation sites is 1. The number of nitro benzene ring substituents is 1. The first-order chi connectivity index (χ1) is 16.8. The summed E-state index contributed by atoms with van der Waals surface area (Å²) in [4.78, 5) is 22.0. The van der Waals surface area contributed by atoms with E-state index in [-0.39, 0.29) is 23.9 Å². The fourth-order valence-electron chi connectivity index (χ4n) is 3.18. The Balaban J connectivity index is 1.94. The minimum Gasteiger partial charge on any atom is -0.496 e. The Kier molecular flexibility index (Phi) is 7.89. The monoisotopic (exact) mass is 587 g/mol. The van der Waals surface area contributed by atoms with E-state index >= 15 is 0 Å². The molecule has 0 aliphatic heterocycles. The first-order valence-electron chi connectivity index (χ1n) is 9.91. The topological polar surface area (TPSA) is 128 Å². The maximum absolute atomic E-state index is 13.0. The van der Waals surface area contributed by atoms with Crippen LogP contribution in [-0.4, -0.2) is 26.4 Å². The summed E-state index contributed by atoms with van der Waals surface area (Å²) in [6.45, 7) is 0.0337. The summed E-state index contributed by atoms with van der Waals surface area (Å²) in [5.74, 6) is -0.176. The number of hydrogen-bond donors (Lipinski definition) is 2. The van der Waals surface area contributed by atoms with Crippen LogP contribution in [0.25, 0.3) is 0 Å². The fourth-order valence-corrected chi connectivity index (χ4v) is 4.77. The zero-order valence-corrected chi connectivity index (χ0v) is 20.7. The minimum absolute atomic E-state index is 0.0337. The van der Waals surface area contributed by atoms with Gasteiger partial charge in [0.25, 0.3) is 21.6 Å². The molecule has 0 bridgehead atoms. The molecule has 3 aromatic rings. The Morgan fingerprint density at radius 2 is 1.81 bits per heavy atom. The van der Waals surface area contributed by atoms with E-state index in [9.17, 15) is 36.5 Å². The Morgan fingerprint density at radius 1 is 1.11 bits per heavy atom. The number of nitrogens with one attached hydrogen (secondary N) is 2. The molecular formula is C22H17BrF3N3O6S. The summed E-state index contributed by atoms with van der Waals surface area (Å²) < 4.78 is 72.6. The molecular weight excluding hydrogens is 571 g/mol. The first kappa shape index (κ1) is 26.9. The van der Waals surface area contributed by atoms with Gasteiger partial charge < -0.3 is 10.1 Å². The van der Waals surface area contributed by atoms with E-state index in [4.69, 9.17) is 4.74 Å². The summed E-state index contributed by atoms with van der Waals surface area (Å²) in [5, 5.41) is 14.0. The van der Waals surface area contributed by atoms with Gasteiger partial charge in [-0.3, -0.25) is 19.6 Å². The number of nitro groups is 1. The van der Waals surface area contributed by atoms with Crippen LogP contribution < -0.4 is 14.8 Å². The molecule has 1 amide bonds. The number of ether oxygens (including phenoxy) is 1. The number of alkyl halides is 3. The van der Waals surface area contributed by atoms with Gasteiger partial charge in [0.1, 0.15) is 5.75 Å². The Morgan fingerprint density at radius 3 is 2.44 bits per heavy atom. The molecule has 9 nitrogen and oxygen atoms in total. The van der Waals surface area contributed by atoms with Gasteiger partial charge in [0.15, 0.2) is 4.90 Å². The third-order valence-electron chi connectivity index (χ3n) is 4.87. The molecule has 0 aromatic heterocycles. The van der Waals surface area contributed by atoms with Crippen molar-refractivity contribution in [3.63, 3.8) is 0 Å². The highest BCUT2D eigenvalue weighted by atomic mass is 79.9. The van der Waals surface area contributed by atoms with Crippen LogP contribution in [0.5, 0.6) is 5.75 Å². The van der Waals surface area contributed by atoms with Crippen LogP contribution in [0.4, 0.5) is 24.5 Å². The smallest absolute Gasteiger partial charge is 0.416 e. The highest BCUT2D eigenvalue weighted by Gasteiger charge is 2.35. The van der Waals surface area contributed by atoms with E-state index in [0.29, 0.717) is 27.9 Å². The summed E-state index contributed by atoms with van der Waals surface area (Å²) in [7, 11) is -3.31. The molecule has 3 rings (SSSR count). The lowest BCUT2D eigenvalue weighted by molar-refractivity contribution is -0.388. The molecule has 3 aromatic carbocycles. The molecule has 0 unspecified atom stereocenters. The summed E-state index contributed by atoms with van der Waals surface area (Å²) in [6, 6.07) is 11.9. The molecule has 0 saturated heterocycles. The maximum atomic E-state index is 13.0. The average Bonchev–Trinajstić information content (AvgIpc) is 2.82. The Labute approximate surface area is 211 Å². The van der Waals surface area contributed by atoms with Gasteiger partial charge >= 0.3 is 6.18 Å². The number of amides is 1. The van der Waals surface area contributed by atoms with Crippen LogP contribution in [0.1, 0.15) is 21.5 Å². The summed E-state index contributed by atoms with van der Waals surface area (Å²) in [5.41, 5.74) is -2.39. The summed E-state index contributed by atoms with van der Waals surface area (Å²) >= 11 is 3.19. The van der Waals surface area contributed by atoms with E-state index in [1.54, 1.807) is 24.3 Å². The second-order valence-electron chi connectivity index (χ2n) is 7.23. The van der Waals surface area contributed by atoms with Crippen LogP contribution in [-0.2, 0) is 22.7 Å². The molecule has 0 fully saturated rings. The number of methoxy groups -OCH3 is 1. The van der Waals surface area contributed by atoms with Gasteiger partial charge in [0, 0.05) is 22.6 Å². The van der Waals surface area contributed by atoms with Crippen LogP contribution in [0, 0.1) is 10.1 Å². The highest BCUT2D eigenvalue weighted by molar-refractivity contribution is 9.10. The number of carbonyl (C=O) groups is 1. The van der Waals surface area contributed by atoms with Crippen molar-refractivity contribution in [3.05, 3.63) is 91.9 Å². The Hall–Kier alpha value is -3.65. The second kappa shape index (κ2) is 10.5. The molecule has 0 aliphatic carbocycles. The molecule has 0 aliphatic rings. The molecule has 0 saturated carbocycles. The number of rotatable bonds is 8. The quantitative estimate of drug-likeness (QED) is 0.278. The van der Waals surface area contributed by atoms with Gasteiger partial charge in [-0.25, -0.2) is 8.42 Å². The van der Waals surface area contributed by atoms with Crippen molar-refractivity contribution in [2.45, 2.75) is 17.6 Å². The largest absolute Gasteiger partial charge is 0.496 e. The number of carbonyl (C=O) groups excluding carboxylic acids is 1. The van der Waals surface area contributed by atoms with Crippen molar-refractivity contribution < 1.29 is 36.0 Å². The lowest BCUT2D eigenvalue weighted by Gasteiger charge is -2.15. The zero-order valence-electron chi connectivity index (χ0n) is 18.3. The van der Waals surface area contributed by atoms with Crippen LogP contribution >= 0.6 is 15.9 Å². The number of halogens is 4. The van der Waals surface area contributed by atoms with E-state index in [1.807, 2.05) is 0 Å². The first-order valence-corrected chi connectivity index (χ1v) is 12.2. The van der Waals surface area contributed by atoms with Crippen molar-refractivity contribution >= 4 is 43.2 Å². The molecule has 190 valence electrons. The molecule has 0 radical (unpaired) electrons. The Bertz CT molecular complexity index is 1430. The fraction of sp³-hybridized carbons (Fsp3) is 0.136. The normalized spacial score (nSPS) is 11.6. The molecule has 0 atom stereocenters. The van der Waals surface area contributed by atoms with Crippen molar-refractivity contribution in [2.24, 2.45) is 0 Å². The lowest BCUT2D eigenvalue weighted by atomic mass is 10.1. The molecule has 36 heavy (non-hydrogen) atoms. The molecule has 14 heteroatoms. The van der Waals surface area contributed by atoms with Gasteiger partial charge in [-0.1, -0.05) is 34.1 Å². The molecule has 0 heterocycles. The van der Waals surface area contributed by atoms with Crippen molar-refractivity contribution in [1.82, 2.24) is 5.32 Å². The molecule has 2 N–H and O–H groups in total. The third-order valence-corrected chi connectivity index (χ3v) is 6.78. The van der Waals surface area contributed by atoms with Gasteiger partial charge in [0.05, 0.1) is 28.8 Å². The van der Waals surface area contributed by atoms with Crippen LogP contribution in [0.3, 0.4) is 0 Å². The number of anilines is 1.